The van der Waals surface area contributed by atoms with Crippen LogP contribution in [0.5, 0.6) is 5.88 Å². The number of hydrogen-bond acceptors (Lipinski definition) is 5. The molecule has 0 saturated carbocycles. The number of aromatic nitrogens is 5. The zero-order valence-electron chi connectivity index (χ0n) is 7.88. The van der Waals surface area contributed by atoms with Gasteiger partial charge in [-0.25, -0.2) is 9.97 Å². The Kier molecular flexibility index (Phi) is 2.10. The van der Waals surface area contributed by atoms with Gasteiger partial charge >= 0.3 is 0 Å². The Bertz CT molecular complexity index is 439. The molecule has 6 nitrogen and oxygen atoms in total. The van der Waals surface area contributed by atoms with Crippen molar-refractivity contribution in [3.63, 3.8) is 0 Å². The van der Waals surface area contributed by atoms with Crippen LogP contribution in [0, 0.1) is 6.92 Å². The number of methoxy groups -OCH3 is 1. The molecule has 2 aromatic heterocycles. The van der Waals surface area contributed by atoms with Crippen molar-refractivity contribution in [2.75, 3.05) is 7.11 Å². The molecule has 2 rings (SSSR count). The Morgan fingerprint density at radius 3 is 2.86 bits per heavy atom. The maximum Gasteiger partial charge on any atom is 0.218 e. The van der Waals surface area contributed by atoms with Gasteiger partial charge in [-0.1, -0.05) is 0 Å². The number of aryl methyl sites for hydroxylation is 1. The lowest BCUT2D eigenvalue weighted by Crippen LogP contribution is -2.02. The second-order valence-electron chi connectivity index (χ2n) is 2.69. The molecule has 0 aliphatic heterocycles. The van der Waals surface area contributed by atoms with Gasteiger partial charge < -0.3 is 4.74 Å². The fourth-order valence-electron chi connectivity index (χ4n) is 1.00. The number of nitrogens with zero attached hydrogens (tertiary/aromatic N) is 5. The third-order valence-corrected chi connectivity index (χ3v) is 1.65. The van der Waals surface area contributed by atoms with Crippen LogP contribution in [0.15, 0.2) is 18.6 Å². The lowest BCUT2D eigenvalue weighted by molar-refractivity contribution is 0.396. The van der Waals surface area contributed by atoms with Crippen molar-refractivity contribution in [1.29, 1.82) is 0 Å². The molecule has 0 aliphatic carbocycles. The van der Waals surface area contributed by atoms with Gasteiger partial charge in [-0.15, -0.1) is 4.80 Å². The lowest BCUT2D eigenvalue weighted by atomic mass is 10.6. The largest absolute Gasteiger partial charge is 0.481 e. The van der Waals surface area contributed by atoms with Crippen LogP contribution in [0.2, 0.25) is 0 Å². The van der Waals surface area contributed by atoms with Crippen LogP contribution in [0.1, 0.15) is 5.69 Å². The quantitative estimate of drug-likeness (QED) is 0.686. The maximum atomic E-state index is 4.96. The number of ether oxygens (including phenoxy) is 1. The molecule has 2 heterocycles. The van der Waals surface area contributed by atoms with Gasteiger partial charge in [0.15, 0.2) is 5.82 Å². The topological polar surface area (TPSA) is 65.7 Å². The predicted octanol–water partition coefficient (Wildman–Crippen LogP) is 0.374. The van der Waals surface area contributed by atoms with Crippen LogP contribution < -0.4 is 4.74 Å². The summed E-state index contributed by atoms with van der Waals surface area (Å²) in [6.07, 6.45) is 3.07. The highest BCUT2D eigenvalue weighted by Gasteiger charge is 2.02. The molecule has 0 bridgehead atoms. The first-order valence-electron chi connectivity index (χ1n) is 4.05. The van der Waals surface area contributed by atoms with Crippen molar-refractivity contribution in [2.24, 2.45) is 0 Å². The first kappa shape index (κ1) is 8.61. The van der Waals surface area contributed by atoms with E-state index in [9.17, 15) is 0 Å². The molecule has 0 unspecified atom stereocenters. The van der Waals surface area contributed by atoms with Crippen molar-refractivity contribution in [1.82, 2.24) is 25.0 Å². The average molecular weight is 191 g/mol. The summed E-state index contributed by atoms with van der Waals surface area (Å²) in [4.78, 5) is 9.34. The number of rotatable bonds is 2. The van der Waals surface area contributed by atoms with Gasteiger partial charge in [-0.05, 0) is 6.92 Å². The average Bonchev–Trinajstić information content (AvgIpc) is 2.65. The van der Waals surface area contributed by atoms with E-state index in [1.807, 2.05) is 6.92 Å². The predicted molar refractivity (Wildman–Crippen MR) is 48.2 cm³/mol. The van der Waals surface area contributed by atoms with Crippen molar-refractivity contribution < 1.29 is 4.74 Å². The van der Waals surface area contributed by atoms with Crippen molar-refractivity contribution in [3.05, 3.63) is 24.3 Å². The minimum Gasteiger partial charge on any atom is -0.481 e. The van der Waals surface area contributed by atoms with E-state index in [1.165, 1.54) is 11.1 Å². The summed E-state index contributed by atoms with van der Waals surface area (Å²) in [5.41, 5.74) is 0.836. The Morgan fingerprint density at radius 1 is 1.36 bits per heavy atom. The van der Waals surface area contributed by atoms with Gasteiger partial charge in [0.1, 0.15) is 6.33 Å². The highest BCUT2D eigenvalue weighted by Crippen LogP contribution is 2.08. The van der Waals surface area contributed by atoms with E-state index in [0.717, 1.165) is 5.69 Å². The van der Waals surface area contributed by atoms with Gasteiger partial charge in [-0.2, -0.15) is 10.2 Å². The normalized spacial score (nSPS) is 10.1. The SMILES string of the molecule is COc1cc(-n2ncc(C)n2)ncn1. The van der Waals surface area contributed by atoms with E-state index < -0.39 is 0 Å². The fourth-order valence-corrected chi connectivity index (χ4v) is 1.00. The molecule has 0 saturated heterocycles. The molecule has 14 heavy (non-hydrogen) atoms. The highest BCUT2D eigenvalue weighted by atomic mass is 16.5. The molecule has 72 valence electrons. The van der Waals surface area contributed by atoms with Crippen LogP contribution in [0.25, 0.3) is 5.82 Å². The van der Waals surface area contributed by atoms with Crippen LogP contribution in [-0.4, -0.2) is 32.1 Å². The van der Waals surface area contributed by atoms with E-state index in [0.29, 0.717) is 11.7 Å². The highest BCUT2D eigenvalue weighted by molar-refractivity contribution is 5.24. The van der Waals surface area contributed by atoms with Gasteiger partial charge in [0.2, 0.25) is 5.88 Å². The molecule has 0 fully saturated rings. The maximum absolute atomic E-state index is 4.96. The van der Waals surface area contributed by atoms with E-state index in [4.69, 9.17) is 4.74 Å². The van der Waals surface area contributed by atoms with E-state index >= 15 is 0 Å². The van der Waals surface area contributed by atoms with E-state index in [-0.39, 0.29) is 0 Å². The monoisotopic (exact) mass is 191 g/mol. The summed E-state index contributed by atoms with van der Waals surface area (Å²) in [6.45, 7) is 1.86. The zero-order chi connectivity index (χ0) is 9.97. The summed E-state index contributed by atoms with van der Waals surface area (Å²) < 4.78 is 4.96. The molecular formula is C8H9N5O. The fraction of sp³-hybridized carbons (Fsp3) is 0.250. The lowest BCUT2D eigenvalue weighted by Gasteiger charge is -2.00. The third kappa shape index (κ3) is 1.54. The van der Waals surface area contributed by atoms with E-state index in [1.54, 1.807) is 19.4 Å². The minimum absolute atomic E-state index is 0.491. The molecule has 0 aliphatic rings. The molecule has 0 atom stereocenters. The van der Waals surface area contributed by atoms with Gasteiger partial charge in [0, 0.05) is 6.07 Å². The summed E-state index contributed by atoms with van der Waals surface area (Å²) in [5, 5.41) is 8.14. The van der Waals surface area contributed by atoms with Crippen LogP contribution in [0.3, 0.4) is 0 Å². The summed E-state index contributed by atoms with van der Waals surface area (Å²) in [5.74, 6) is 1.08. The summed E-state index contributed by atoms with van der Waals surface area (Å²) in [6, 6.07) is 1.67. The third-order valence-electron chi connectivity index (χ3n) is 1.65. The second kappa shape index (κ2) is 3.41. The van der Waals surface area contributed by atoms with Crippen molar-refractivity contribution in [2.45, 2.75) is 6.92 Å². The first-order valence-corrected chi connectivity index (χ1v) is 4.05. The summed E-state index contributed by atoms with van der Waals surface area (Å²) >= 11 is 0. The molecule has 0 radical (unpaired) electrons. The molecule has 0 spiro atoms. The smallest absolute Gasteiger partial charge is 0.218 e. The van der Waals surface area contributed by atoms with Gasteiger partial charge in [0.05, 0.1) is 19.0 Å². The van der Waals surface area contributed by atoms with Gasteiger partial charge in [-0.3, -0.25) is 0 Å². The van der Waals surface area contributed by atoms with E-state index in [2.05, 4.69) is 20.2 Å². The molecule has 6 heteroatoms. The molecule has 2 aromatic rings. The first-order chi connectivity index (χ1) is 6.79. The molecule has 0 N–H and O–H groups in total. The number of hydrogen-bond donors (Lipinski definition) is 0. The van der Waals surface area contributed by atoms with Crippen LogP contribution >= 0.6 is 0 Å². The standard InChI is InChI=1S/C8H9N5O/c1-6-4-11-13(12-6)7-3-8(14-2)10-5-9-7/h3-5H,1-2H3. The Labute approximate surface area is 80.6 Å². The summed E-state index contributed by atoms with van der Waals surface area (Å²) in [7, 11) is 1.55. The van der Waals surface area contributed by atoms with Crippen LogP contribution in [-0.2, 0) is 0 Å². The Morgan fingerprint density at radius 2 is 2.21 bits per heavy atom. The van der Waals surface area contributed by atoms with Crippen molar-refractivity contribution in [3.8, 4) is 11.7 Å². The van der Waals surface area contributed by atoms with Crippen LogP contribution in [0.4, 0.5) is 0 Å². The molecular weight excluding hydrogens is 182 g/mol. The Balaban J connectivity index is 2.41. The van der Waals surface area contributed by atoms with Gasteiger partial charge in [0.25, 0.3) is 0 Å². The minimum atomic E-state index is 0.491. The Hall–Kier alpha value is -1.98. The second-order valence-corrected chi connectivity index (χ2v) is 2.69. The molecule has 0 aromatic carbocycles. The zero-order valence-corrected chi connectivity index (χ0v) is 7.88. The van der Waals surface area contributed by atoms with Crippen molar-refractivity contribution >= 4 is 0 Å². The molecule has 0 amide bonds.